The summed E-state index contributed by atoms with van der Waals surface area (Å²) in [4.78, 5) is 4.91. The summed E-state index contributed by atoms with van der Waals surface area (Å²) in [5, 5.41) is 1.19. The minimum Gasteiger partial charge on any atom is -0.461 e. The predicted molar refractivity (Wildman–Crippen MR) is 124 cm³/mol. The zero-order valence-corrected chi connectivity index (χ0v) is 19.2. The number of nitrogens with zero attached hydrogens (tertiary/aromatic N) is 1. The van der Waals surface area contributed by atoms with E-state index in [0.29, 0.717) is 17.8 Å². The second-order valence-corrected chi connectivity index (χ2v) is 9.97. The Bertz CT molecular complexity index is 1180. The number of rotatable bonds is 6. The first-order valence-corrected chi connectivity index (χ1v) is 11.1. The second kappa shape index (κ2) is 7.61. The van der Waals surface area contributed by atoms with E-state index < -0.39 is 0 Å². The first-order valence-electron chi connectivity index (χ1n) is 11.1. The second-order valence-electron chi connectivity index (χ2n) is 9.97. The summed E-state index contributed by atoms with van der Waals surface area (Å²) < 4.78 is 12.2. The molecule has 1 aromatic carbocycles. The average Bonchev–Trinajstić information content (AvgIpc) is 3.30. The van der Waals surface area contributed by atoms with Crippen LogP contribution in [0.25, 0.3) is 22.1 Å². The van der Waals surface area contributed by atoms with Crippen molar-refractivity contribution in [2.24, 2.45) is 0 Å². The number of furan rings is 2. The minimum absolute atomic E-state index is 0.0907. The summed E-state index contributed by atoms with van der Waals surface area (Å²) in [7, 11) is 0. The summed E-state index contributed by atoms with van der Waals surface area (Å²) in [6.45, 7) is 15.5. The van der Waals surface area contributed by atoms with Crippen molar-refractivity contribution in [1.29, 1.82) is 0 Å². The Morgan fingerprint density at radius 3 is 2.27 bits per heavy atom. The highest BCUT2D eigenvalue weighted by Crippen LogP contribution is 2.38. The zero-order valence-electron chi connectivity index (χ0n) is 19.2. The monoisotopic (exact) mass is 403 g/mol. The number of aromatic nitrogens is 1. The molecular weight excluding hydrogens is 370 g/mol. The van der Waals surface area contributed by atoms with Crippen LogP contribution in [0.5, 0.6) is 0 Å². The molecule has 1 unspecified atom stereocenters. The lowest BCUT2D eigenvalue weighted by atomic mass is 9.80. The standard InChI is InChI=1S/C27H33NO2/c1-16(2)19-8-10-23-20(12-19)13-26(30-23)27(6,7)15-18(5)21-9-11-24-22(28-21)14-25(29-24)17(3)4/h8-14,16-18H,15H2,1-7H3. The van der Waals surface area contributed by atoms with Gasteiger partial charge < -0.3 is 8.83 Å². The van der Waals surface area contributed by atoms with Crippen LogP contribution in [0.3, 0.4) is 0 Å². The number of pyridine rings is 1. The summed E-state index contributed by atoms with van der Waals surface area (Å²) in [6.07, 6.45) is 0.956. The molecule has 158 valence electrons. The van der Waals surface area contributed by atoms with Gasteiger partial charge in [0.25, 0.3) is 0 Å². The van der Waals surface area contributed by atoms with Gasteiger partial charge in [-0.25, -0.2) is 4.98 Å². The third-order valence-electron chi connectivity index (χ3n) is 6.18. The zero-order chi connectivity index (χ0) is 21.6. The van der Waals surface area contributed by atoms with Crippen molar-refractivity contribution in [3.8, 4) is 0 Å². The first kappa shape index (κ1) is 20.7. The molecule has 3 aromatic heterocycles. The van der Waals surface area contributed by atoms with Crippen LogP contribution in [0.4, 0.5) is 0 Å². The lowest BCUT2D eigenvalue weighted by Crippen LogP contribution is -2.19. The summed E-state index contributed by atoms with van der Waals surface area (Å²) in [6, 6.07) is 15.0. The van der Waals surface area contributed by atoms with Gasteiger partial charge in [0, 0.05) is 28.5 Å². The van der Waals surface area contributed by atoms with Gasteiger partial charge >= 0.3 is 0 Å². The highest BCUT2D eigenvalue weighted by Gasteiger charge is 2.28. The first-order chi connectivity index (χ1) is 14.1. The van der Waals surface area contributed by atoms with Crippen molar-refractivity contribution in [3.63, 3.8) is 0 Å². The van der Waals surface area contributed by atoms with Gasteiger partial charge in [0.15, 0.2) is 5.58 Å². The lowest BCUT2D eigenvalue weighted by molar-refractivity contribution is 0.356. The SMILES string of the molecule is CC(C)c1ccc2oc(C(C)(C)CC(C)c3ccc4oc(C(C)C)cc4n3)cc2c1. The minimum atomic E-state index is -0.0907. The lowest BCUT2D eigenvalue weighted by Gasteiger charge is -2.25. The maximum Gasteiger partial charge on any atom is 0.152 e. The van der Waals surface area contributed by atoms with Crippen LogP contribution in [0.2, 0.25) is 0 Å². The normalized spacial score (nSPS) is 13.8. The molecule has 0 N–H and O–H groups in total. The van der Waals surface area contributed by atoms with Gasteiger partial charge in [0.05, 0.1) is 0 Å². The highest BCUT2D eigenvalue weighted by molar-refractivity contribution is 5.79. The Balaban J connectivity index is 1.59. The van der Waals surface area contributed by atoms with Crippen molar-refractivity contribution in [1.82, 2.24) is 4.98 Å². The maximum absolute atomic E-state index is 6.27. The molecule has 1 atom stereocenters. The fourth-order valence-corrected chi connectivity index (χ4v) is 4.24. The van der Waals surface area contributed by atoms with E-state index in [1.807, 2.05) is 0 Å². The summed E-state index contributed by atoms with van der Waals surface area (Å²) >= 11 is 0. The van der Waals surface area contributed by atoms with Crippen LogP contribution in [-0.2, 0) is 5.41 Å². The Labute approximate surface area is 179 Å². The van der Waals surface area contributed by atoms with Gasteiger partial charge in [-0.05, 0) is 54.2 Å². The molecule has 3 heteroatoms. The number of hydrogen-bond acceptors (Lipinski definition) is 3. The van der Waals surface area contributed by atoms with E-state index in [0.717, 1.165) is 40.3 Å². The summed E-state index contributed by atoms with van der Waals surface area (Å²) in [5.41, 5.74) is 5.14. The number of benzene rings is 1. The Hall–Kier alpha value is -2.55. The molecule has 4 aromatic rings. The van der Waals surface area contributed by atoms with Crippen molar-refractivity contribution >= 4 is 22.1 Å². The van der Waals surface area contributed by atoms with Gasteiger partial charge in [-0.2, -0.15) is 0 Å². The topological polar surface area (TPSA) is 39.2 Å². The van der Waals surface area contributed by atoms with Crippen molar-refractivity contribution < 1.29 is 8.83 Å². The molecule has 30 heavy (non-hydrogen) atoms. The van der Waals surface area contributed by atoms with Gasteiger partial charge in [-0.1, -0.05) is 54.5 Å². The molecular formula is C27H33NO2. The molecule has 0 saturated carbocycles. The molecule has 0 bridgehead atoms. The largest absolute Gasteiger partial charge is 0.461 e. The quantitative estimate of drug-likeness (QED) is 0.325. The van der Waals surface area contributed by atoms with Gasteiger partial charge in [-0.15, -0.1) is 0 Å². The Morgan fingerprint density at radius 2 is 1.57 bits per heavy atom. The highest BCUT2D eigenvalue weighted by atomic mass is 16.3. The molecule has 0 amide bonds. The van der Waals surface area contributed by atoms with Crippen molar-refractivity contribution in [2.75, 3.05) is 0 Å². The van der Waals surface area contributed by atoms with Crippen molar-refractivity contribution in [2.45, 2.75) is 78.1 Å². The molecule has 3 heterocycles. The van der Waals surface area contributed by atoms with Crippen LogP contribution in [-0.4, -0.2) is 4.98 Å². The van der Waals surface area contributed by atoms with E-state index in [2.05, 4.69) is 90.9 Å². The Kier molecular flexibility index (Phi) is 5.25. The van der Waals surface area contributed by atoms with Gasteiger partial charge in [-0.3, -0.25) is 0 Å². The van der Waals surface area contributed by atoms with E-state index in [4.69, 9.17) is 13.8 Å². The van der Waals surface area contributed by atoms with Gasteiger partial charge in [0.1, 0.15) is 22.6 Å². The Morgan fingerprint density at radius 1 is 0.833 bits per heavy atom. The number of fused-ring (bicyclic) bond motifs is 2. The third-order valence-corrected chi connectivity index (χ3v) is 6.18. The van der Waals surface area contributed by atoms with Crippen LogP contribution in [0.1, 0.15) is 95.4 Å². The fraction of sp³-hybridized carbons (Fsp3) is 0.444. The smallest absolute Gasteiger partial charge is 0.152 e. The van der Waals surface area contributed by atoms with Crippen LogP contribution in [0.15, 0.2) is 51.3 Å². The van der Waals surface area contributed by atoms with Crippen LogP contribution in [0, 0.1) is 0 Å². The molecule has 3 nitrogen and oxygen atoms in total. The van der Waals surface area contributed by atoms with E-state index in [9.17, 15) is 0 Å². The van der Waals surface area contributed by atoms with Crippen LogP contribution >= 0.6 is 0 Å². The third kappa shape index (κ3) is 3.90. The van der Waals surface area contributed by atoms with Crippen LogP contribution < -0.4 is 0 Å². The fourth-order valence-electron chi connectivity index (χ4n) is 4.24. The molecule has 0 fully saturated rings. The number of hydrogen-bond donors (Lipinski definition) is 0. The molecule has 0 aliphatic rings. The average molecular weight is 404 g/mol. The van der Waals surface area contributed by atoms with E-state index in [1.54, 1.807) is 0 Å². The predicted octanol–water partition coefficient (Wildman–Crippen LogP) is 8.29. The molecule has 0 saturated heterocycles. The maximum atomic E-state index is 6.27. The molecule has 0 spiro atoms. The van der Waals surface area contributed by atoms with Crippen molar-refractivity contribution in [3.05, 3.63) is 65.2 Å². The van der Waals surface area contributed by atoms with E-state index in [-0.39, 0.29) is 5.41 Å². The van der Waals surface area contributed by atoms with E-state index in [1.165, 1.54) is 10.9 Å². The molecule has 0 radical (unpaired) electrons. The molecule has 0 aliphatic heterocycles. The molecule has 4 rings (SSSR count). The van der Waals surface area contributed by atoms with E-state index >= 15 is 0 Å². The van der Waals surface area contributed by atoms with Gasteiger partial charge in [0.2, 0.25) is 0 Å². The molecule has 0 aliphatic carbocycles. The summed E-state index contributed by atoms with van der Waals surface area (Å²) in [5.74, 6) is 3.22.